The SMILES string of the molecule is CCc1cc(-c2cncc(C)n2)ccc1-c1cc2cnc(NC)nc2n(CCOCCN)c1=O. The molecule has 176 valence electrons. The van der Waals surface area contributed by atoms with E-state index >= 15 is 0 Å². The monoisotopic (exact) mass is 459 g/mol. The first-order valence-electron chi connectivity index (χ1n) is 11.3. The summed E-state index contributed by atoms with van der Waals surface area (Å²) in [7, 11) is 1.75. The normalized spacial score (nSPS) is 11.2. The number of rotatable bonds is 9. The molecule has 0 spiro atoms. The summed E-state index contributed by atoms with van der Waals surface area (Å²) in [6, 6.07) is 7.92. The molecular weight excluding hydrogens is 430 g/mol. The summed E-state index contributed by atoms with van der Waals surface area (Å²) in [5.41, 5.74) is 11.1. The number of anilines is 1. The lowest BCUT2D eigenvalue weighted by atomic mass is 9.95. The number of hydrogen-bond donors (Lipinski definition) is 2. The lowest BCUT2D eigenvalue weighted by Crippen LogP contribution is -2.26. The van der Waals surface area contributed by atoms with E-state index < -0.39 is 0 Å². The fourth-order valence-corrected chi connectivity index (χ4v) is 3.93. The van der Waals surface area contributed by atoms with E-state index in [4.69, 9.17) is 10.5 Å². The van der Waals surface area contributed by atoms with Crippen LogP contribution in [0.15, 0.2) is 47.7 Å². The van der Waals surface area contributed by atoms with Crippen LogP contribution in [0.1, 0.15) is 18.2 Å². The smallest absolute Gasteiger partial charge is 0.260 e. The number of fused-ring (bicyclic) bond motifs is 1. The minimum Gasteiger partial charge on any atom is -0.378 e. The summed E-state index contributed by atoms with van der Waals surface area (Å²) in [4.78, 5) is 31.4. The fraction of sp³-hybridized carbons (Fsp3) is 0.320. The second-order valence-electron chi connectivity index (χ2n) is 7.91. The van der Waals surface area contributed by atoms with Gasteiger partial charge in [-0.25, -0.2) is 9.97 Å². The van der Waals surface area contributed by atoms with Crippen LogP contribution in [0.3, 0.4) is 0 Å². The molecule has 3 aromatic heterocycles. The van der Waals surface area contributed by atoms with Gasteiger partial charge >= 0.3 is 0 Å². The third-order valence-corrected chi connectivity index (χ3v) is 5.60. The number of hydrogen-bond acceptors (Lipinski definition) is 8. The Labute approximate surface area is 198 Å². The fourth-order valence-electron chi connectivity index (χ4n) is 3.93. The van der Waals surface area contributed by atoms with Crippen LogP contribution in [0.5, 0.6) is 0 Å². The second kappa shape index (κ2) is 10.5. The van der Waals surface area contributed by atoms with Gasteiger partial charge in [0.15, 0.2) is 0 Å². The first kappa shape index (κ1) is 23.5. The van der Waals surface area contributed by atoms with Crippen molar-refractivity contribution in [1.82, 2.24) is 24.5 Å². The molecular formula is C25H29N7O2. The van der Waals surface area contributed by atoms with Crippen LogP contribution < -0.4 is 16.6 Å². The Morgan fingerprint density at radius 2 is 1.94 bits per heavy atom. The molecule has 0 aliphatic carbocycles. The number of aromatic nitrogens is 5. The highest BCUT2D eigenvalue weighted by Gasteiger charge is 2.16. The van der Waals surface area contributed by atoms with E-state index in [1.54, 1.807) is 30.2 Å². The van der Waals surface area contributed by atoms with Crippen LogP contribution in [0, 0.1) is 6.92 Å². The highest BCUT2D eigenvalue weighted by atomic mass is 16.5. The maximum atomic E-state index is 13.7. The third kappa shape index (κ3) is 4.80. The zero-order valence-electron chi connectivity index (χ0n) is 19.7. The summed E-state index contributed by atoms with van der Waals surface area (Å²) in [5, 5.41) is 3.72. The van der Waals surface area contributed by atoms with Gasteiger partial charge in [0.25, 0.3) is 5.56 Å². The van der Waals surface area contributed by atoms with Gasteiger partial charge in [0, 0.05) is 42.5 Å². The molecule has 4 aromatic rings. The number of pyridine rings is 1. The van der Waals surface area contributed by atoms with Crippen molar-refractivity contribution in [2.75, 3.05) is 32.1 Å². The largest absolute Gasteiger partial charge is 0.378 e. The molecule has 3 N–H and O–H groups in total. The van der Waals surface area contributed by atoms with E-state index in [0.29, 0.717) is 43.5 Å². The molecule has 9 nitrogen and oxygen atoms in total. The van der Waals surface area contributed by atoms with E-state index in [0.717, 1.165) is 39.9 Å². The predicted octanol–water partition coefficient (Wildman–Crippen LogP) is 2.80. The Hall–Kier alpha value is -3.69. The van der Waals surface area contributed by atoms with Crippen molar-refractivity contribution in [3.8, 4) is 22.4 Å². The summed E-state index contributed by atoms with van der Waals surface area (Å²) >= 11 is 0. The average Bonchev–Trinajstić information content (AvgIpc) is 2.86. The van der Waals surface area contributed by atoms with Gasteiger partial charge in [-0.2, -0.15) is 4.98 Å². The number of ether oxygens (including phenoxy) is 1. The highest BCUT2D eigenvalue weighted by Crippen LogP contribution is 2.28. The Morgan fingerprint density at radius 1 is 1.09 bits per heavy atom. The molecule has 0 bridgehead atoms. The number of nitrogens with two attached hydrogens (primary N) is 1. The van der Waals surface area contributed by atoms with Gasteiger partial charge in [-0.3, -0.25) is 14.3 Å². The van der Waals surface area contributed by atoms with Gasteiger partial charge in [-0.1, -0.05) is 19.1 Å². The topological polar surface area (TPSA) is 121 Å². The third-order valence-electron chi connectivity index (χ3n) is 5.60. The molecule has 0 atom stereocenters. The number of nitrogens with zero attached hydrogens (tertiary/aromatic N) is 5. The molecule has 4 rings (SSSR count). The van der Waals surface area contributed by atoms with Crippen LogP contribution in [0.4, 0.5) is 5.95 Å². The predicted molar refractivity (Wildman–Crippen MR) is 134 cm³/mol. The molecule has 0 aliphatic heterocycles. The lowest BCUT2D eigenvalue weighted by Gasteiger charge is -2.15. The quantitative estimate of drug-likeness (QED) is 0.367. The molecule has 0 unspecified atom stereocenters. The first-order valence-corrected chi connectivity index (χ1v) is 11.3. The van der Waals surface area contributed by atoms with Crippen LogP contribution in [0.25, 0.3) is 33.4 Å². The van der Waals surface area contributed by atoms with Crippen molar-refractivity contribution in [3.05, 3.63) is 64.5 Å². The Kier molecular flexibility index (Phi) is 7.24. The summed E-state index contributed by atoms with van der Waals surface area (Å²) in [5.74, 6) is 0.453. The van der Waals surface area contributed by atoms with E-state index in [9.17, 15) is 4.79 Å². The van der Waals surface area contributed by atoms with E-state index in [2.05, 4.69) is 38.2 Å². The summed E-state index contributed by atoms with van der Waals surface area (Å²) in [6.45, 7) is 5.59. The van der Waals surface area contributed by atoms with Gasteiger partial charge in [0.1, 0.15) is 5.65 Å². The molecule has 0 aliphatic rings. The Bertz CT molecular complexity index is 1370. The van der Waals surface area contributed by atoms with Gasteiger partial charge in [-0.05, 0) is 36.6 Å². The zero-order chi connectivity index (χ0) is 24.1. The molecule has 34 heavy (non-hydrogen) atoms. The van der Waals surface area contributed by atoms with Crippen molar-refractivity contribution in [2.24, 2.45) is 5.73 Å². The number of aryl methyl sites for hydroxylation is 2. The zero-order valence-corrected chi connectivity index (χ0v) is 19.7. The molecule has 0 fully saturated rings. The molecule has 0 saturated heterocycles. The number of nitrogens with one attached hydrogen (secondary N) is 1. The molecule has 0 saturated carbocycles. The standard InChI is InChI=1S/C25H29N7O2/c1-4-17-11-18(22-15-28-13-16(2)30-22)5-6-20(17)21-12-19-14-29-25(27-3)31-23(19)32(24(21)33)8-10-34-9-7-26/h5-6,11-15H,4,7-10,26H2,1-3H3,(H,27,29,31). The van der Waals surface area contributed by atoms with Gasteiger partial charge in [-0.15, -0.1) is 0 Å². The molecule has 3 heterocycles. The maximum Gasteiger partial charge on any atom is 0.260 e. The van der Waals surface area contributed by atoms with Crippen LogP contribution in [-0.4, -0.2) is 51.3 Å². The minimum atomic E-state index is -0.123. The Balaban J connectivity index is 1.85. The van der Waals surface area contributed by atoms with Crippen LogP contribution >= 0.6 is 0 Å². The van der Waals surface area contributed by atoms with E-state index in [-0.39, 0.29) is 5.56 Å². The highest BCUT2D eigenvalue weighted by molar-refractivity contribution is 5.83. The van der Waals surface area contributed by atoms with Gasteiger partial charge in [0.05, 0.1) is 37.3 Å². The maximum absolute atomic E-state index is 13.7. The average molecular weight is 460 g/mol. The molecule has 0 radical (unpaired) electrons. The van der Waals surface area contributed by atoms with Crippen molar-refractivity contribution in [1.29, 1.82) is 0 Å². The van der Waals surface area contributed by atoms with Gasteiger partial charge in [0.2, 0.25) is 5.95 Å². The van der Waals surface area contributed by atoms with E-state index in [1.165, 1.54) is 0 Å². The minimum absolute atomic E-state index is 0.123. The molecule has 0 amide bonds. The van der Waals surface area contributed by atoms with Crippen LogP contribution in [-0.2, 0) is 17.7 Å². The van der Waals surface area contributed by atoms with Crippen molar-refractivity contribution < 1.29 is 4.74 Å². The number of benzene rings is 1. The Morgan fingerprint density at radius 3 is 2.68 bits per heavy atom. The van der Waals surface area contributed by atoms with Crippen molar-refractivity contribution >= 4 is 17.0 Å². The second-order valence-corrected chi connectivity index (χ2v) is 7.91. The van der Waals surface area contributed by atoms with Gasteiger partial charge < -0.3 is 15.8 Å². The lowest BCUT2D eigenvalue weighted by molar-refractivity contribution is 0.133. The van der Waals surface area contributed by atoms with Crippen LogP contribution in [0.2, 0.25) is 0 Å². The first-order chi connectivity index (χ1) is 16.5. The molecule has 1 aromatic carbocycles. The van der Waals surface area contributed by atoms with Crippen molar-refractivity contribution in [3.63, 3.8) is 0 Å². The molecule has 9 heteroatoms. The summed E-state index contributed by atoms with van der Waals surface area (Å²) in [6.07, 6.45) is 5.97. The summed E-state index contributed by atoms with van der Waals surface area (Å²) < 4.78 is 7.21. The van der Waals surface area contributed by atoms with Crippen molar-refractivity contribution in [2.45, 2.75) is 26.8 Å². The van der Waals surface area contributed by atoms with E-state index in [1.807, 2.05) is 25.1 Å².